The van der Waals surface area contributed by atoms with E-state index in [1.165, 1.54) is 0 Å². The molecule has 0 rings (SSSR count). The number of hydrogen-bond acceptors (Lipinski definition) is 2. The quantitative estimate of drug-likeness (QED) is 0.333. The first-order valence-corrected chi connectivity index (χ1v) is 2.49. The summed E-state index contributed by atoms with van der Waals surface area (Å²) < 4.78 is -0.855. The number of rotatable bonds is 1. The van der Waals surface area contributed by atoms with Crippen molar-refractivity contribution in [1.82, 2.24) is 0 Å². The minimum atomic E-state index is -0.855. The van der Waals surface area contributed by atoms with Gasteiger partial charge in [-0.25, -0.2) is 0 Å². The van der Waals surface area contributed by atoms with Crippen LogP contribution >= 0.6 is 35.8 Å². The van der Waals surface area contributed by atoms with E-state index in [9.17, 15) is 4.79 Å². The van der Waals surface area contributed by atoms with Gasteiger partial charge in [0, 0.05) is 0 Å². The van der Waals surface area contributed by atoms with Gasteiger partial charge in [-0.3, -0.25) is 4.79 Å². The van der Waals surface area contributed by atoms with E-state index in [1.807, 2.05) is 0 Å². The molecule has 0 N–H and O–H groups in total. The normalized spacial score (nSPS) is 13.8. The highest BCUT2D eigenvalue weighted by Crippen LogP contribution is 2.03. The molecule has 0 aliphatic rings. The first-order chi connectivity index (χ1) is 2.64. The molecule has 1 unspecified atom stereocenters. The zero-order chi connectivity index (χ0) is 5.15. The minimum Gasteiger partial charge on any atom is -0.279 e. The van der Waals surface area contributed by atoms with Crippen LogP contribution in [0.1, 0.15) is 0 Å². The van der Waals surface area contributed by atoms with E-state index in [1.54, 1.807) is 0 Å². The van der Waals surface area contributed by atoms with Crippen molar-refractivity contribution in [2.24, 2.45) is 0 Å². The van der Waals surface area contributed by atoms with Crippen molar-refractivity contribution < 1.29 is 4.79 Å². The van der Waals surface area contributed by atoms with Gasteiger partial charge < -0.3 is 0 Å². The fraction of sp³-hybridized carbons (Fsp3) is 0.500. The molecule has 0 amide bonds. The highest BCUT2D eigenvalue weighted by Gasteiger charge is 2.02. The van der Waals surface area contributed by atoms with E-state index in [0.717, 1.165) is 0 Å². The highest BCUT2D eigenvalue weighted by molar-refractivity contribution is 7.83. The fourth-order valence-electron chi connectivity index (χ4n) is 0. The van der Waals surface area contributed by atoms with Gasteiger partial charge in [0.15, 0.2) is 0 Å². The molecule has 0 saturated heterocycles. The van der Waals surface area contributed by atoms with E-state index in [-0.39, 0.29) is 0 Å². The molecule has 6 heavy (non-hydrogen) atoms. The molecule has 1 atom stereocenters. The van der Waals surface area contributed by atoms with E-state index in [0.29, 0.717) is 0 Å². The summed E-state index contributed by atoms with van der Waals surface area (Å²) in [5.74, 6) is 0. The number of carbonyl (C=O) groups is 1. The summed E-state index contributed by atoms with van der Waals surface area (Å²) in [5, 5.41) is -0.639. The zero-order valence-electron chi connectivity index (χ0n) is 2.69. The molecule has 0 bridgehead atoms. The molecule has 0 aromatic rings. The number of thiol groups is 1. The molecule has 4 heteroatoms. The van der Waals surface area contributed by atoms with E-state index >= 15 is 0 Å². The third-order valence-electron chi connectivity index (χ3n) is 0.187. The summed E-state index contributed by atoms with van der Waals surface area (Å²) in [7, 11) is 0. The third kappa shape index (κ3) is 2.82. The topological polar surface area (TPSA) is 17.1 Å². The third-order valence-corrected chi connectivity index (χ3v) is 1.10. The van der Waals surface area contributed by atoms with Crippen LogP contribution in [0.3, 0.4) is 0 Å². The predicted octanol–water partition coefficient (Wildman–Crippen LogP) is 1.25. The van der Waals surface area contributed by atoms with Crippen LogP contribution in [0.4, 0.5) is 0 Å². The lowest BCUT2D eigenvalue weighted by molar-refractivity contribution is -0.110. The number of hydrogen-bond donors (Lipinski definition) is 1. The smallest absolute Gasteiger partial charge is 0.249 e. The Hall–Kier alpha value is 0.600. The van der Waals surface area contributed by atoms with Crippen LogP contribution in [0.25, 0.3) is 0 Å². The second kappa shape index (κ2) is 2.72. The zero-order valence-corrected chi connectivity index (χ0v) is 5.10. The molecule has 0 spiro atoms. The molecule has 36 valence electrons. The summed E-state index contributed by atoms with van der Waals surface area (Å²) in [5.41, 5.74) is 0. The van der Waals surface area contributed by atoms with Crippen LogP contribution in [-0.2, 0) is 4.79 Å². The lowest BCUT2D eigenvalue weighted by Crippen LogP contribution is -1.95. The van der Waals surface area contributed by atoms with Gasteiger partial charge in [0.1, 0.15) is 4.71 Å². The van der Waals surface area contributed by atoms with Crippen LogP contribution in [0.15, 0.2) is 0 Å². The summed E-state index contributed by atoms with van der Waals surface area (Å²) in [4.78, 5) is 9.70. The molecule has 0 fully saturated rings. The molecule has 0 radical (unpaired) electrons. The Morgan fingerprint density at radius 3 is 2.00 bits per heavy atom. The van der Waals surface area contributed by atoms with E-state index in [4.69, 9.17) is 23.2 Å². The average Bonchev–Trinajstić information content (AvgIpc) is 1.36. The number of alkyl halides is 1. The molecular weight excluding hydrogens is 143 g/mol. The van der Waals surface area contributed by atoms with Gasteiger partial charge in [0.25, 0.3) is 0 Å². The van der Waals surface area contributed by atoms with Crippen molar-refractivity contribution in [3.05, 3.63) is 0 Å². The Kier molecular flexibility index (Phi) is 2.99. The number of carbonyl (C=O) groups excluding carboxylic acids is 1. The predicted molar refractivity (Wildman–Crippen MR) is 29.5 cm³/mol. The summed E-state index contributed by atoms with van der Waals surface area (Å²) in [6, 6.07) is 0. The van der Waals surface area contributed by atoms with Crippen molar-refractivity contribution in [1.29, 1.82) is 0 Å². The Balaban J connectivity index is 3.26. The standard InChI is InChI=1S/C2H2Cl2OS/c3-1(5)2(4)6/h2,6H. The SMILES string of the molecule is O=C(Cl)C(S)Cl. The van der Waals surface area contributed by atoms with Gasteiger partial charge in [-0.2, -0.15) is 12.6 Å². The van der Waals surface area contributed by atoms with E-state index in [2.05, 4.69) is 12.6 Å². The van der Waals surface area contributed by atoms with Gasteiger partial charge in [-0.05, 0) is 11.6 Å². The van der Waals surface area contributed by atoms with Crippen LogP contribution in [0.2, 0.25) is 0 Å². The maximum atomic E-state index is 9.70. The Morgan fingerprint density at radius 2 is 2.00 bits per heavy atom. The Morgan fingerprint density at radius 1 is 1.83 bits per heavy atom. The highest BCUT2D eigenvalue weighted by atomic mass is 35.5. The molecule has 0 aliphatic carbocycles. The molecule has 0 aromatic carbocycles. The molecule has 0 aromatic heterocycles. The van der Waals surface area contributed by atoms with Crippen LogP contribution in [0, 0.1) is 0 Å². The second-order valence-corrected chi connectivity index (χ2v) is 2.27. The van der Waals surface area contributed by atoms with Gasteiger partial charge in [-0.1, -0.05) is 0 Å². The summed E-state index contributed by atoms with van der Waals surface area (Å²) >= 11 is 13.2. The van der Waals surface area contributed by atoms with Crippen molar-refractivity contribution in [2.75, 3.05) is 0 Å². The van der Waals surface area contributed by atoms with Crippen LogP contribution < -0.4 is 0 Å². The minimum absolute atomic E-state index is 0.639. The fourth-order valence-corrected chi connectivity index (χ4v) is 0. The average molecular weight is 145 g/mol. The molecule has 0 aliphatic heterocycles. The Labute approximate surface area is 51.0 Å². The van der Waals surface area contributed by atoms with Crippen molar-refractivity contribution in [3.63, 3.8) is 0 Å². The van der Waals surface area contributed by atoms with Gasteiger partial charge in [-0.15, -0.1) is 11.6 Å². The lowest BCUT2D eigenvalue weighted by atomic mass is 10.9. The maximum Gasteiger partial charge on any atom is 0.249 e. The van der Waals surface area contributed by atoms with Gasteiger partial charge >= 0.3 is 0 Å². The number of halogens is 2. The molecule has 1 nitrogen and oxygen atoms in total. The molecular formula is C2H2Cl2OS. The van der Waals surface area contributed by atoms with Crippen molar-refractivity contribution in [2.45, 2.75) is 4.71 Å². The van der Waals surface area contributed by atoms with Crippen LogP contribution in [0.5, 0.6) is 0 Å². The first kappa shape index (κ1) is 6.60. The monoisotopic (exact) mass is 144 g/mol. The van der Waals surface area contributed by atoms with Crippen molar-refractivity contribution in [3.8, 4) is 0 Å². The maximum absolute atomic E-state index is 9.70. The largest absolute Gasteiger partial charge is 0.279 e. The van der Waals surface area contributed by atoms with Crippen LogP contribution in [-0.4, -0.2) is 9.95 Å². The summed E-state index contributed by atoms with van der Waals surface area (Å²) in [6.45, 7) is 0. The van der Waals surface area contributed by atoms with Gasteiger partial charge in [0.2, 0.25) is 5.24 Å². The van der Waals surface area contributed by atoms with Crippen molar-refractivity contribution >= 4 is 41.1 Å². The van der Waals surface area contributed by atoms with Gasteiger partial charge in [0.05, 0.1) is 0 Å². The molecule has 0 saturated carbocycles. The second-order valence-electron chi connectivity index (χ2n) is 0.640. The lowest BCUT2D eigenvalue weighted by Gasteiger charge is -1.84. The molecule has 0 heterocycles. The Bertz CT molecular complexity index is 62.6. The summed E-state index contributed by atoms with van der Waals surface area (Å²) in [6.07, 6.45) is 0. The first-order valence-electron chi connectivity index (χ1n) is 1.16. The van der Waals surface area contributed by atoms with E-state index < -0.39 is 9.95 Å².